The predicted molar refractivity (Wildman–Crippen MR) is 61.0 cm³/mol. The molecule has 1 heterocycles. The molecule has 0 aromatic carbocycles. The van der Waals surface area contributed by atoms with Gasteiger partial charge in [-0.25, -0.2) is 0 Å². The van der Waals surface area contributed by atoms with E-state index >= 15 is 0 Å². The summed E-state index contributed by atoms with van der Waals surface area (Å²) in [5.74, 6) is 0.569. The topological polar surface area (TPSA) is 9.23 Å². The maximum atomic E-state index is 6.15. The molecule has 0 aliphatic carbocycles. The second-order valence-corrected chi connectivity index (χ2v) is 6.76. The van der Waals surface area contributed by atoms with E-state index in [1.807, 2.05) is 0 Å². The minimum absolute atomic E-state index is 0. The first-order chi connectivity index (χ1) is 6.12. The Bertz CT molecular complexity index is 200. The largest absolute Gasteiger partial charge is 0.408 e. The van der Waals surface area contributed by atoms with E-state index in [0.717, 1.165) is 0 Å². The van der Waals surface area contributed by atoms with Gasteiger partial charge in [0.05, 0.1) is 0 Å². The molecule has 1 saturated heterocycles. The van der Waals surface area contributed by atoms with Gasteiger partial charge in [-0.15, -0.1) is 5.92 Å². The van der Waals surface area contributed by atoms with Crippen molar-refractivity contribution in [2.75, 3.05) is 0 Å². The van der Waals surface area contributed by atoms with Crippen LogP contribution in [0.5, 0.6) is 0 Å². The minimum Gasteiger partial charge on any atom is -0.408 e. The molecule has 0 bridgehead atoms. The molecule has 3 atom stereocenters. The van der Waals surface area contributed by atoms with Crippen molar-refractivity contribution in [1.82, 2.24) is 0 Å². The van der Waals surface area contributed by atoms with E-state index < -0.39 is 0 Å². The molecule has 0 N–H and O–H groups in total. The molecular weight excluding hydrogens is 261 g/mol. The summed E-state index contributed by atoms with van der Waals surface area (Å²) in [6.07, 6.45) is 3.05. The second-order valence-electron chi connectivity index (χ2n) is 6.76. The number of rotatable bonds is 0. The van der Waals surface area contributed by atoms with Gasteiger partial charge in [0.25, 0.3) is 0 Å². The third-order valence-corrected chi connectivity index (χ3v) is 2.96. The van der Waals surface area contributed by atoms with Crippen LogP contribution in [0.3, 0.4) is 0 Å². The Balaban J connectivity index is 0.00000196. The Morgan fingerprint density at radius 3 is 1.60 bits per heavy atom. The fraction of sp³-hybridized carbons (Fsp3) is 0.923. The molecule has 1 radical (unpaired) electrons. The summed E-state index contributed by atoms with van der Waals surface area (Å²) in [6.45, 7) is 15.8. The van der Waals surface area contributed by atoms with Gasteiger partial charge in [0.15, 0.2) is 0 Å². The molecule has 87 valence electrons. The summed E-state index contributed by atoms with van der Waals surface area (Å²) < 4.78 is 6.15. The first-order valence-electron chi connectivity index (χ1n) is 5.63. The van der Waals surface area contributed by atoms with Crippen LogP contribution in [-0.4, -0.2) is 12.2 Å². The Labute approximate surface area is 121 Å². The van der Waals surface area contributed by atoms with Crippen LogP contribution in [0.15, 0.2) is 0 Å². The fourth-order valence-corrected chi connectivity index (χ4v) is 2.19. The van der Waals surface area contributed by atoms with Gasteiger partial charge >= 0.3 is 0 Å². The van der Waals surface area contributed by atoms with Crippen molar-refractivity contribution in [2.45, 2.75) is 60.7 Å². The van der Waals surface area contributed by atoms with Crippen LogP contribution >= 0.6 is 0 Å². The van der Waals surface area contributed by atoms with E-state index in [2.05, 4.69) is 54.9 Å². The van der Waals surface area contributed by atoms with Crippen LogP contribution in [0.25, 0.3) is 0 Å². The molecule has 0 aromatic heterocycles. The van der Waals surface area contributed by atoms with Crippen LogP contribution in [0.2, 0.25) is 0 Å². The van der Waals surface area contributed by atoms with Crippen molar-refractivity contribution >= 4 is 0 Å². The van der Waals surface area contributed by atoms with Gasteiger partial charge < -0.3 is 4.74 Å². The van der Waals surface area contributed by atoms with Crippen molar-refractivity contribution in [3.63, 3.8) is 0 Å². The quantitative estimate of drug-likeness (QED) is 0.617. The molecule has 1 fully saturated rings. The van der Waals surface area contributed by atoms with E-state index in [9.17, 15) is 0 Å². The number of hydrogen-bond acceptors (Lipinski definition) is 1. The minimum atomic E-state index is 0. The van der Waals surface area contributed by atoms with Crippen molar-refractivity contribution < 1.29 is 37.4 Å². The van der Waals surface area contributed by atoms with E-state index in [4.69, 9.17) is 4.74 Å². The first-order valence-corrected chi connectivity index (χ1v) is 5.63. The summed E-state index contributed by atoms with van der Waals surface area (Å²) in [6, 6.07) is 0. The third kappa shape index (κ3) is 4.09. The number of ether oxygens (including phenoxy) is 1. The van der Waals surface area contributed by atoms with Gasteiger partial charge in [-0.05, 0) is 10.8 Å². The van der Waals surface area contributed by atoms with Crippen LogP contribution < -0.4 is 0 Å². The average molecular weight is 286 g/mol. The molecule has 0 spiro atoms. The van der Waals surface area contributed by atoms with Gasteiger partial charge in [0.2, 0.25) is 0 Å². The molecule has 1 unspecified atom stereocenters. The molecule has 0 aromatic rings. The maximum Gasteiger partial charge on any atom is 0.0348 e. The van der Waals surface area contributed by atoms with E-state index in [-0.39, 0.29) is 43.5 Å². The summed E-state index contributed by atoms with van der Waals surface area (Å²) in [7, 11) is 0. The van der Waals surface area contributed by atoms with Gasteiger partial charge in [-0.2, -0.15) is 0 Å². The molecular formula is C13H25OY-. The third-order valence-electron chi connectivity index (χ3n) is 2.96. The molecule has 1 aliphatic rings. The number of hydrogen-bond donors (Lipinski definition) is 0. The van der Waals surface area contributed by atoms with Crippen LogP contribution in [-0.2, 0) is 37.4 Å². The van der Waals surface area contributed by atoms with E-state index in [1.165, 1.54) is 0 Å². The van der Waals surface area contributed by atoms with Gasteiger partial charge in [-0.1, -0.05) is 54.6 Å². The van der Waals surface area contributed by atoms with Gasteiger partial charge in [-0.3, -0.25) is 6.42 Å². The summed E-state index contributed by atoms with van der Waals surface area (Å²) in [5, 5.41) is 0. The molecule has 0 saturated carbocycles. The summed E-state index contributed by atoms with van der Waals surface area (Å²) in [5.41, 5.74) is 0.476. The summed E-state index contributed by atoms with van der Waals surface area (Å²) >= 11 is 0. The molecule has 2 heteroatoms. The SMILES string of the molecule is CC1[CH-][C@@H](C(C)(C)C)O[C@H]1C(C)(C)C.[Y]. The van der Waals surface area contributed by atoms with Gasteiger partial charge in [0, 0.05) is 38.8 Å². The van der Waals surface area contributed by atoms with Crippen LogP contribution in [0.1, 0.15) is 48.5 Å². The zero-order valence-corrected chi connectivity index (χ0v) is 14.1. The monoisotopic (exact) mass is 286 g/mol. The zero-order valence-electron chi connectivity index (χ0n) is 11.3. The molecule has 0 amide bonds. The van der Waals surface area contributed by atoms with Gasteiger partial charge in [0.1, 0.15) is 0 Å². The van der Waals surface area contributed by atoms with E-state index in [0.29, 0.717) is 18.1 Å². The predicted octanol–water partition coefficient (Wildman–Crippen LogP) is 3.68. The molecule has 1 rings (SSSR count). The Hall–Kier alpha value is 1.06. The van der Waals surface area contributed by atoms with Crippen molar-refractivity contribution in [3.05, 3.63) is 6.42 Å². The molecule has 1 aliphatic heterocycles. The Kier molecular flexibility index (Phi) is 5.51. The summed E-state index contributed by atoms with van der Waals surface area (Å²) in [4.78, 5) is 0. The second kappa shape index (κ2) is 5.15. The van der Waals surface area contributed by atoms with Crippen LogP contribution in [0, 0.1) is 23.2 Å². The molecule has 15 heavy (non-hydrogen) atoms. The Morgan fingerprint density at radius 2 is 1.40 bits per heavy atom. The normalized spacial score (nSPS) is 32.6. The van der Waals surface area contributed by atoms with E-state index in [1.54, 1.807) is 0 Å². The first kappa shape index (κ1) is 16.1. The average Bonchev–Trinajstić information content (AvgIpc) is 2.27. The fourth-order valence-electron chi connectivity index (χ4n) is 2.19. The van der Waals surface area contributed by atoms with Crippen molar-refractivity contribution in [3.8, 4) is 0 Å². The zero-order chi connectivity index (χ0) is 11.1. The molecule has 1 nitrogen and oxygen atoms in total. The smallest absolute Gasteiger partial charge is 0.0348 e. The van der Waals surface area contributed by atoms with Crippen LogP contribution in [0.4, 0.5) is 0 Å². The Morgan fingerprint density at radius 1 is 0.933 bits per heavy atom. The van der Waals surface area contributed by atoms with Crippen molar-refractivity contribution in [1.29, 1.82) is 0 Å². The standard InChI is InChI=1S/C13H25O.Y/c1-9-8-10(12(2,3)4)14-11(9)13(5,6)7;/h8-11H,1-7H3;/q-1;/t9?,10-,11+;/m0./s1. The van der Waals surface area contributed by atoms with Crippen molar-refractivity contribution in [2.24, 2.45) is 16.7 Å². The maximum absolute atomic E-state index is 6.15.